The zero-order valence-corrected chi connectivity index (χ0v) is 26.0. The van der Waals surface area contributed by atoms with Crippen LogP contribution in [0.2, 0.25) is 0 Å². The van der Waals surface area contributed by atoms with Gasteiger partial charge in [-0.1, -0.05) is 63.5 Å². The van der Waals surface area contributed by atoms with Crippen molar-refractivity contribution in [2.75, 3.05) is 61.2 Å². The number of benzene rings is 1. The fraction of sp³-hybridized carbons (Fsp3) is 0.778. The molecule has 0 spiro atoms. The lowest BCUT2D eigenvalue weighted by Gasteiger charge is -2.28. The highest BCUT2D eigenvalue weighted by molar-refractivity contribution is 14.1. The number of unbranched alkanes of at least 4 members (excludes halogenated alkanes) is 9. The number of rotatable bonds is 23. The van der Waals surface area contributed by atoms with E-state index in [2.05, 4.69) is 46.9 Å². The zero-order valence-electron chi connectivity index (χ0n) is 22.9. The van der Waals surface area contributed by atoms with Gasteiger partial charge in [0.1, 0.15) is 19.3 Å². The van der Waals surface area contributed by atoms with Gasteiger partial charge in [-0.3, -0.25) is 4.57 Å². The predicted molar refractivity (Wildman–Crippen MR) is 153 cm³/mol. The summed E-state index contributed by atoms with van der Waals surface area (Å²) in [6.07, 6.45) is 13.4. The summed E-state index contributed by atoms with van der Waals surface area (Å²) in [5.74, 6) is 0. The molecule has 2 atom stereocenters. The highest BCUT2D eigenvalue weighted by atomic mass is 127. The molecule has 0 bridgehead atoms. The van der Waals surface area contributed by atoms with Gasteiger partial charge < -0.3 is 27.9 Å². The maximum absolute atomic E-state index is 11.9. The smallest absolute Gasteiger partial charge is 0.268 e. The maximum Gasteiger partial charge on any atom is 0.268 e. The highest BCUT2D eigenvalue weighted by Gasteiger charge is 2.16. The Hall–Kier alpha value is -0.0600. The largest absolute Gasteiger partial charge is 0.756 e. The summed E-state index contributed by atoms with van der Waals surface area (Å²) < 4.78 is 34.6. The number of halogens is 1. The van der Waals surface area contributed by atoms with Gasteiger partial charge in [-0.15, -0.1) is 0 Å². The number of hydrogen-bond acceptors (Lipinski definition) is 6. The number of quaternary nitrogens is 1. The summed E-state index contributed by atoms with van der Waals surface area (Å²) in [6.45, 7) is 1.51. The molecule has 0 heterocycles. The molecule has 0 saturated carbocycles. The van der Waals surface area contributed by atoms with E-state index in [9.17, 15) is 9.46 Å². The third-order valence-electron chi connectivity index (χ3n) is 5.96. The second-order valence-corrected chi connectivity index (χ2v) is 13.1. The van der Waals surface area contributed by atoms with E-state index in [1.165, 1.54) is 74.0 Å². The average Bonchev–Trinajstić information content (AvgIpc) is 2.80. The fourth-order valence-electron chi connectivity index (χ4n) is 3.68. The number of hydrogen-bond donors (Lipinski definition) is 0. The maximum atomic E-state index is 11.9. The van der Waals surface area contributed by atoms with Crippen LogP contribution >= 0.6 is 30.4 Å². The van der Waals surface area contributed by atoms with Crippen molar-refractivity contribution in [3.8, 4) is 0 Å². The molecular formula is C27H49INO6P. The Balaban J connectivity index is 1.92. The first-order valence-corrected chi connectivity index (χ1v) is 15.9. The lowest BCUT2D eigenvalue weighted by atomic mass is 10.0. The van der Waals surface area contributed by atoms with Crippen molar-refractivity contribution < 1.29 is 32.5 Å². The van der Waals surface area contributed by atoms with Gasteiger partial charge in [0, 0.05) is 17.3 Å². The van der Waals surface area contributed by atoms with Crippen LogP contribution in [0, 0.1) is 3.57 Å². The predicted octanol–water partition coefficient (Wildman–Crippen LogP) is 5.97. The molecular weight excluding hydrogens is 592 g/mol. The molecule has 36 heavy (non-hydrogen) atoms. The molecule has 7 nitrogen and oxygen atoms in total. The summed E-state index contributed by atoms with van der Waals surface area (Å²) in [5, 5.41) is 0. The molecule has 0 saturated heterocycles. The SMILES string of the molecule is CO[C@H](COCCCCCCCCCCCCc1cccc(I)c1)COP(=O)([O-])OCC[N+](C)(C)C. The monoisotopic (exact) mass is 641 g/mol. The van der Waals surface area contributed by atoms with Crippen molar-refractivity contribution in [3.05, 3.63) is 33.4 Å². The summed E-state index contributed by atoms with van der Waals surface area (Å²) in [7, 11) is 3.10. The Kier molecular flexibility index (Phi) is 18.8. The Morgan fingerprint density at radius 2 is 1.50 bits per heavy atom. The van der Waals surface area contributed by atoms with Crippen molar-refractivity contribution >= 4 is 30.4 Å². The Morgan fingerprint density at radius 1 is 0.889 bits per heavy atom. The number of phosphoric acid groups is 1. The molecule has 0 radical (unpaired) electrons. The summed E-state index contributed by atoms with van der Waals surface area (Å²) in [4.78, 5) is 11.9. The Morgan fingerprint density at radius 3 is 2.08 bits per heavy atom. The number of methoxy groups -OCH3 is 1. The van der Waals surface area contributed by atoms with Crippen molar-refractivity contribution in [2.45, 2.75) is 76.7 Å². The second kappa shape index (κ2) is 19.9. The third-order valence-corrected chi connectivity index (χ3v) is 7.60. The van der Waals surface area contributed by atoms with E-state index in [-0.39, 0.29) is 13.2 Å². The van der Waals surface area contributed by atoms with E-state index in [0.29, 0.717) is 24.2 Å². The van der Waals surface area contributed by atoms with Crippen LogP contribution in [0.5, 0.6) is 0 Å². The molecule has 0 amide bonds. The lowest BCUT2D eigenvalue weighted by molar-refractivity contribution is -0.870. The standard InChI is InChI=1S/C27H49INO6P/c1-29(2,3)19-21-34-36(30,31)35-24-27(32-4)23-33-20-14-12-10-8-6-5-7-9-11-13-16-25-17-15-18-26(28)22-25/h15,17-18,22,27H,5-14,16,19-21,23-24H2,1-4H3/t27-/m1/s1. The number of nitrogens with zero attached hydrogens (tertiary/aromatic N) is 1. The van der Waals surface area contributed by atoms with E-state index in [1.54, 1.807) is 0 Å². The van der Waals surface area contributed by atoms with Crippen LogP contribution in [-0.4, -0.2) is 71.8 Å². The minimum Gasteiger partial charge on any atom is -0.756 e. The topological polar surface area (TPSA) is 77.1 Å². The minimum absolute atomic E-state index is 0.0900. The molecule has 0 aliphatic carbocycles. The highest BCUT2D eigenvalue weighted by Crippen LogP contribution is 2.38. The van der Waals surface area contributed by atoms with Crippen molar-refractivity contribution in [3.63, 3.8) is 0 Å². The molecule has 0 N–H and O–H groups in total. The normalized spacial score (nSPS) is 14.6. The third kappa shape index (κ3) is 20.0. The summed E-state index contributed by atoms with van der Waals surface area (Å²) >= 11 is 2.38. The Labute approximate surface area is 233 Å². The van der Waals surface area contributed by atoms with Crippen LogP contribution in [0.4, 0.5) is 0 Å². The molecule has 9 heteroatoms. The number of aryl methyl sites for hydroxylation is 1. The molecule has 0 aliphatic heterocycles. The van der Waals surface area contributed by atoms with Gasteiger partial charge in [0.25, 0.3) is 7.82 Å². The molecule has 1 rings (SSSR count). The zero-order chi connectivity index (χ0) is 26.7. The molecule has 0 fully saturated rings. The van der Waals surface area contributed by atoms with Gasteiger partial charge in [0.05, 0.1) is 34.4 Å². The van der Waals surface area contributed by atoms with Gasteiger partial charge in [-0.2, -0.15) is 0 Å². The summed E-state index contributed by atoms with van der Waals surface area (Å²) in [6, 6.07) is 8.81. The van der Waals surface area contributed by atoms with Crippen LogP contribution < -0.4 is 4.89 Å². The molecule has 0 aliphatic rings. The Bertz CT molecular complexity index is 730. The number of likely N-dealkylation sites (N-methyl/N-ethyl adjacent to an activating group) is 1. The van der Waals surface area contributed by atoms with Crippen LogP contribution in [0.3, 0.4) is 0 Å². The molecule has 1 aromatic rings. The van der Waals surface area contributed by atoms with E-state index < -0.39 is 13.9 Å². The molecule has 0 aromatic heterocycles. The van der Waals surface area contributed by atoms with E-state index >= 15 is 0 Å². The fourth-order valence-corrected chi connectivity index (χ4v) is 5.01. The first-order valence-electron chi connectivity index (χ1n) is 13.4. The quantitative estimate of drug-likeness (QED) is 0.0634. The van der Waals surface area contributed by atoms with Crippen molar-refractivity contribution in [1.29, 1.82) is 0 Å². The van der Waals surface area contributed by atoms with Crippen LogP contribution in [0.1, 0.15) is 69.8 Å². The van der Waals surface area contributed by atoms with Crippen LogP contribution in [0.25, 0.3) is 0 Å². The van der Waals surface area contributed by atoms with Crippen molar-refractivity contribution in [2.24, 2.45) is 0 Å². The van der Waals surface area contributed by atoms with E-state index in [1.807, 2.05) is 21.1 Å². The molecule has 1 unspecified atom stereocenters. The number of phosphoric ester groups is 1. The van der Waals surface area contributed by atoms with E-state index in [4.69, 9.17) is 18.5 Å². The summed E-state index contributed by atoms with van der Waals surface area (Å²) in [5.41, 5.74) is 1.46. The average molecular weight is 642 g/mol. The van der Waals surface area contributed by atoms with Gasteiger partial charge in [0.15, 0.2) is 0 Å². The van der Waals surface area contributed by atoms with Gasteiger partial charge in [0.2, 0.25) is 0 Å². The first kappa shape index (κ1) is 34.0. The number of ether oxygens (including phenoxy) is 2. The molecule has 1 aromatic carbocycles. The van der Waals surface area contributed by atoms with Crippen LogP contribution in [-0.2, 0) is 29.5 Å². The minimum atomic E-state index is -4.33. The van der Waals surface area contributed by atoms with Crippen LogP contribution in [0.15, 0.2) is 24.3 Å². The van der Waals surface area contributed by atoms with Crippen molar-refractivity contribution in [1.82, 2.24) is 0 Å². The lowest BCUT2D eigenvalue weighted by Crippen LogP contribution is -2.37. The van der Waals surface area contributed by atoms with Gasteiger partial charge in [-0.05, 0) is 59.5 Å². The van der Waals surface area contributed by atoms with Gasteiger partial charge in [-0.25, -0.2) is 0 Å². The van der Waals surface area contributed by atoms with E-state index in [0.717, 1.165) is 12.8 Å². The molecule has 210 valence electrons. The second-order valence-electron chi connectivity index (χ2n) is 10.4. The van der Waals surface area contributed by atoms with Gasteiger partial charge >= 0.3 is 0 Å². The first-order chi connectivity index (χ1) is 17.1.